The molecule has 1 aliphatic rings. The highest BCUT2D eigenvalue weighted by Crippen LogP contribution is 2.29. The maximum atomic E-state index is 12.5. The standard InChI is InChI=1S/C21H22N4O3S/c26-18-12-17(25(21(28)24-18)15-7-2-1-3-8-15)23-19(27)13-29-20-11-10-14-6-4-5-9-16(14)22-20/h4-6,9-12,15H,1-3,7-8,13H2,(H,23,27)(H,24,26,28). The summed E-state index contributed by atoms with van der Waals surface area (Å²) in [4.78, 5) is 43.6. The fraction of sp³-hybridized carbons (Fsp3) is 0.333. The van der Waals surface area contributed by atoms with Gasteiger partial charge in [0.1, 0.15) is 5.82 Å². The number of aromatic nitrogens is 3. The van der Waals surface area contributed by atoms with Crippen LogP contribution in [0.4, 0.5) is 5.82 Å². The van der Waals surface area contributed by atoms with Gasteiger partial charge in [-0.05, 0) is 25.0 Å². The number of hydrogen-bond acceptors (Lipinski definition) is 5. The lowest BCUT2D eigenvalue weighted by atomic mass is 9.95. The van der Waals surface area contributed by atoms with Crippen LogP contribution in [0.1, 0.15) is 38.1 Å². The summed E-state index contributed by atoms with van der Waals surface area (Å²) in [5, 5.41) is 4.54. The summed E-state index contributed by atoms with van der Waals surface area (Å²) < 4.78 is 1.53. The molecule has 150 valence electrons. The monoisotopic (exact) mass is 410 g/mol. The predicted molar refractivity (Wildman–Crippen MR) is 115 cm³/mol. The number of rotatable bonds is 5. The van der Waals surface area contributed by atoms with E-state index in [0.717, 1.165) is 48.0 Å². The van der Waals surface area contributed by atoms with E-state index < -0.39 is 11.2 Å². The zero-order valence-electron chi connectivity index (χ0n) is 15.9. The van der Waals surface area contributed by atoms with Gasteiger partial charge in [0.2, 0.25) is 5.91 Å². The first-order valence-electron chi connectivity index (χ1n) is 9.74. The Labute approximate surface area is 171 Å². The van der Waals surface area contributed by atoms with Crippen molar-refractivity contribution in [3.63, 3.8) is 0 Å². The van der Waals surface area contributed by atoms with Crippen LogP contribution in [-0.4, -0.2) is 26.2 Å². The summed E-state index contributed by atoms with van der Waals surface area (Å²) in [6.45, 7) is 0. The molecule has 0 saturated heterocycles. The third-order valence-electron chi connectivity index (χ3n) is 5.11. The van der Waals surface area contributed by atoms with Gasteiger partial charge in [-0.15, -0.1) is 0 Å². The Bertz CT molecular complexity index is 1150. The second-order valence-electron chi connectivity index (χ2n) is 7.16. The molecule has 7 nitrogen and oxygen atoms in total. The Kier molecular flexibility index (Phi) is 5.80. The zero-order valence-corrected chi connectivity index (χ0v) is 16.7. The molecule has 0 unspecified atom stereocenters. The lowest BCUT2D eigenvalue weighted by Crippen LogP contribution is -2.36. The van der Waals surface area contributed by atoms with Gasteiger partial charge in [0.15, 0.2) is 0 Å². The molecule has 1 aromatic carbocycles. The third-order valence-corrected chi connectivity index (χ3v) is 6.04. The molecule has 1 aliphatic carbocycles. The van der Waals surface area contributed by atoms with E-state index in [-0.39, 0.29) is 23.5 Å². The first kappa shape index (κ1) is 19.4. The molecule has 0 spiro atoms. The predicted octanol–water partition coefficient (Wildman–Crippen LogP) is 3.32. The van der Waals surface area contributed by atoms with Gasteiger partial charge in [-0.25, -0.2) is 9.78 Å². The molecule has 0 atom stereocenters. The van der Waals surface area contributed by atoms with Crippen molar-refractivity contribution in [1.82, 2.24) is 14.5 Å². The van der Waals surface area contributed by atoms with Crippen molar-refractivity contribution in [2.45, 2.75) is 43.2 Å². The number of nitrogens with one attached hydrogen (secondary N) is 2. The number of hydrogen-bond donors (Lipinski definition) is 2. The minimum Gasteiger partial charge on any atom is -0.311 e. The summed E-state index contributed by atoms with van der Waals surface area (Å²) in [7, 11) is 0. The Hall–Kier alpha value is -2.87. The lowest BCUT2D eigenvalue weighted by Gasteiger charge is -2.26. The molecule has 0 aliphatic heterocycles. The van der Waals surface area contributed by atoms with Gasteiger partial charge in [0, 0.05) is 17.5 Å². The second kappa shape index (κ2) is 8.65. The number of fused-ring (bicyclic) bond motifs is 1. The summed E-state index contributed by atoms with van der Waals surface area (Å²) in [5.41, 5.74) is -0.108. The maximum absolute atomic E-state index is 12.5. The highest BCUT2D eigenvalue weighted by molar-refractivity contribution is 7.99. The SMILES string of the molecule is O=C(CSc1ccc2ccccc2n1)Nc1cc(=O)[nH]c(=O)n1C1CCCCC1. The van der Waals surface area contributed by atoms with E-state index in [1.807, 2.05) is 36.4 Å². The fourth-order valence-electron chi connectivity index (χ4n) is 3.75. The van der Waals surface area contributed by atoms with Gasteiger partial charge in [0.25, 0.3) is 5.56 Å². The van der Waals surface area contributed by atoms with Crippen molar-refractivity contribution < 1.29 is 4.79 Å². The van der Waals surface area contributed by atoms with Crippen LogP contribution in [0, 0.1) is 0 Å². The average molecular weight is 410 g/mol. The number of aromatic amines is 1. The molecule has 3 aromatic rings. The normalized spacial score (nSPS) is 14.8. The Morgan fingerprint density at radius 3 is 2.76 bits per heavy atom. The van der Waals surface area contributed by atoms with Gasteiger partial charge >= 0.3 is 5.69 Å². The van der Waals surface area contributed by atoms with Crippen LogP contribution in [0.25, 0.3) is 10.9 Å². The van der Waals surface area contributed by atoms with Crippen molar-refractivity contribution in [2.75, 3.05) is 11.1 Å². The summed E-state index contributed by atoms with van der Waals surface area (Å²) in [5.74, 6) is 0.124. The quantitative estimate of drug-likeness (QED) is 0.629. The average Bonchev–Trinajstić information content (AvgIpc) is 2.72. The number of nitrogens with zero attached hydrogens (tertiary/aromatic N) is 2. The number of H-pyrrole nitrogens is 1. The van der Waals surface area contributed by atoms with E-state index in [4.69, 9.17) is 0 Å². The maximum Gasteiger partial charge on any atom is 0.330 e. The molecule has 1 saturated carbocycles. The van der Waals surface area contributed by atoms with E-state index in [9.17, 15) is 14.4 Å². The Balaban J connectivity index is 1.48. The van der Waals surface area contributed by atoms with Crippen LogP contribution in [0.2, 0.25) is 0 Å². The van der Waals surface area contributed by atoms with E-state index in [0.29, 0.717) is 0 Å². The molecule has 2 N–H and O–H groups in total. The molecule has 2 aromatic heterocycles. The first-order valence-corrected chi connectivity index (χ1v) is 10.7. The van der Waals surface area contributed by atoms with E-state index in [1.54, 1.807) is 0 Å². The van der Waals surface area contributed by atoms with Crippen LogP contribution >= 0.6 is 11.8 Å². The number of thioether (sulfide) groups is 1. The molecule has 29 heavy (non-hydrogen) atoms. The molecule has 4 rings (SSSR count). The van der Waals surface area contributed by atoms with Crippen molar-refractivity contribution in [1.29, 1.82) is 0 Å². The Morgan fingerprint density at radius 1 is 1.14 bits per heavy atom. The van der Waals surface area contributed by atoms with Crippen LogP contribution in [-0.2, 0) is 4.79 Å². The largest absolute Gasteiger partial charge is 0.330 e. The number of carbonyl (C=O) groups is 1. The minimum atomic E-state index is -0.513. The molecular weight excluding hydrogens is 388 g/mol. The fourth-order valence-corrected chi connectivity index (χ4v) is 4.43. The Morgan fingerprint density at radius 2 is 1.93 bits per heavy atom. The molecule has 1 fully saturated rings. The van der Waals surface area contributed by atoms with Gasteiger partial charge in [-0.1, -0.05) is 55.3 Å². The van der Waals surface area contributed by atoms with Crippen molar-refractivity contribution >= 4 is 34.4 Å². The van der Waals surface area contributed by atoms with E-state index in [2.05, 4.69) is 15.3 Å². The van der Waals surface area contributed by atoms with Crippen LogP contribution in [0.3, 0.4) is 0 Å². The topological polar surface area (TPSA) is 96.8 Å². The van der Waals surface area contributed by atoms with Gasteiger partial charge in [-0.2, -0.15) is 0 Å². The van der Waals surface area contributed by atoms with Gasteiger partial charge in [-0.3, -0.25) is 19.1 Å². The number of para-hydroxylation sites is 1. The first-order chi connectivity index (χ1) is 14.1. The third kappa shape index (κ3) is 4.59. The van der Waals surface area contributed by atoms with Crippen molar-refractivity contribution in [3.8, 4) is 0 Å². The molecule has 1 amide bonds. The summed E-state index contributed by atoms with van der Waals surface area (Å²) >= 11 is 1.32. The number of benzene rings is 1. The minimum absolute atomic E-state index is 0.00166. The highest BCUT2D eigenvalue weighted by Gasteiger charge is 2.20. The number of amides is 1. The molecule has 8 heteroatoms. The molecular formula is C21H22N4O3S. The van der Waals surface area contributed by atoms with E-state index >= 15 is 0 Å². The van der Waals surface area contributed by atoms with Gasteiger partial charge < -0.3 is 5.32 Å². The number of anilines is 1. The van der Waals surface area contributed by atoms with Crippen molar-refractivity contribution in [3.05, 3.63) is 63.3 Å². The zero-order chi connectivity index (χ0) is 20.2. The summed E-state index contributed by atoms with van der Waals surface area (Å²) in [6, 6.07) is 12.9. The lowest BCUT2D eigenvalue weighted by molar-refractivity contribution is -0.113. The second-order valence-corrected chi connectivity index (χ2v) is 8.16. The number of pyridine rings is 1. The molecule has 0 radical (unpaired) electrons. The summed E-state index contributed by atoms with van der Waals surface area (Å²) in [6.07, 6.45) is 4.95. The number of carbonyl (C=O) groups excluding carboxylic acids is 1. The van der Waals surface area contributed by atoms with E-state index in [1.165, 1.54) is 22.4 Å². The van der Waals surface area contributed by atoms with Crippen molar-refractivity contribution in [2.24, 2.45) is 0 Å². The van der Waals surface area contributed by atoms with Gasteiger partial charge in [0.05, 0.1) is 16.3 Å². The van der Waals surface area contributed by atoms with Crippen LogP contribution < -0.4 is 16.6 Å². The van der Waals surface area contributed by atoms with Crippen LogP contribution in [0.15, 0.2) is 57.1 Å². The molecule has 2 heterocycles. The van der Waals surface area contributed by atoms with Crippen LogP contribution in [0.5, 0.6) is 0 Å². The molecule has 0 bridgehead atoms. The highest BCUT2D eigenvalue weighted by atomic mass is 32.2. The smallest absolute Gasteiger partial charge is 0.311 e.